The average Bonchev–Trinajstić information content (AvgIpc) is 3.13. The van der Waals surface area contributed by atoms with Crippen molar-refractivity contribution >= 4 is 38.8 Å². The van der Waals surface area contributed by atoms with Crippen molar-refractivity contribution < 1.29 is 4.79 Å². The maximum absolute atomic E-state index is 12.2. The largest absolute Gasteiger partial charge is 0.350 e. The van der Waals surface area contributed by atoms with Crippen molar-refractivity contribution in [1.29, 1.82) is 0 Å². The van der Waals surface area contributed by atoms with Gasteiger partial charge in [-0.15, -0.1) is 22.7 Å². The highest BCUT2D eigenvalue weighted by molar-refractivity contribution is 7.18. The van der Waals surface area contributed by atoms with Crippen LogP contribution < -0.4 is 10.9 Å². The lowest BCUT2D eigenvalue weighted by atomic mass is 10.2. The molecule has 3 heterocycles. The fourth-order valence-electron chi connectivity index (χ4n) is 2.44. The summed E-state index contributed by atoms with van der Waals surface area (Å²) >= 11 is 2.87. The van der Waals surface area contributed by atoms with Crippen molar-refractivity contribution in [3.63, 3.8) is 0 Å². The minimum Gasteiger partial charge on any atom is -0.350 e. The molecular weight excluding hydrogens is 356 g/mol. The summed E-state index contributed by atoms with van der Waals surface area (Å²) in [5, 5.41) is 5.87. The van der Waals surface area contributed by atoms with Crippen LogP contribution in [0.5, 0.6) is 0 Å². The van der Waals surface area contributed by atoms with Gasteiger partial charge < -0.3 is 10.3 Å². The molecule has 0 bridgehead atoms. The number of rotatable bonds is 5. The summed E-state index contributed by atoms with van der Waals surface area (Å²) in [4.78, 5) is 37.9. The molecule has 0 aromatic carbocycles. The lowest BCUT2D eigenvalue weighted by Gasteiger charge is -2.03. The Bertz CT molecular complexity index is 984. The van der Waals surface area contributed by atoms with E-state index in [1.165, 1.54) is 22.7 Å². The molecule has 0 unspecified atom stereocenters. The number of thiazole rings is 1. The van der Waals surface area contributed by atoms with Crippen molar-refractivity contribution in [2.75, 3.05) is 6.54 Å². The summed E-state index contributed by atoms with van der Waals surface area (Å²) in [6.07, 6.45) is 0.468. The summed E-state index contributed by atoms with van der Waals surface area (Å²) in [5.74, 6) is 0.695. The Morgan fingerprint density at radius 3 is 2.76 bits per heavy atom. The number of aromatic nitrogens is 3. The zero-order valence-corrected chi connectivity index (χ0v) is 16.2. The summed E-state index contributed by atoms with van der Waals surface area (Å²) in [7, 11) is 0. The van der Waals surface area contributed by atoms with Gasteiger partial charge in [0.25, 0.3) is 11.5 Å². The van der Waals surface area contributed by atoms with Gasteiger partial charge in [0.05, 0.1) is 11.1 Å². The topological polar surface area (TPSA) is 87.7 Å². The molecule has 0 atom stereocenters. The summed E-state index contributed by atoms with van der Waals surface area (Å²) in [6.45, 7) is 8.41. The van der Waals surface area contributed by atoms with Gasteiger partial charge in [0.1, 0.15) is 10.7 Å². The molecule has 132 valence electrons. The second-order valence-electron chi connectivity index (χ2n) is 6.21. The van der Waals surface area contributed by atoms with E-state index in [9.17, 15) is 9.59 Å². The molecule has 0 radical (unpaired) electrons. The monoisotopic (exact) mass is 376 g/mol. The first-order valence-corrected chi connectivity index (χ1v) is 9.79. The third-order valence-corrected chi connectivity index (χ3v) is 6.00. The number of carbonyl (C=O) groups is 1. The van der Waals surface area contributed by atoms with Crippen LogP contribution in [0.2, 0.25) is 0 Å². The van der Waals surface area contributed by atoms with Crippen LogP contribution in [0.25, 0.3) is 10.2 Å². The van der Waals surface area contributed by atoms with E-state index in [2.05, 4.69) is 20.3 Å². The van der Waals surface area contributed by atoms with Crippen LogP contribution >= 0.6 is 22.7 Å². The Morgan fingerprint density at radius 2 is 2.08 bits per heavy atom. The van der Waals surface area contributed by atoms with Gasteiger partial charge in [-0.3, -0.25) is 9.59 Å². The second-order valence-corrected chi connectivity index (χ2v) is 8.28. The van der Waals surface area contributed by atoms with Gasteiger partial charge in [-0.05, 0) is 25.3 Å². The first-order chi connectivity index (χ1) is 11.9. The summed E-state index contributed by atoms with van der Waals surface area (Å²) in [5.41, 5.74) is 1.79. The number of nitrogens with zero attached hydrogens (tertiary/aromatic N) is 2. The third-order valence-electron chi connectivity index (χ3n) is 4.04. The highest BCUT2D eigenvalue weighted by atomic mass is 32.1. The van der Waals surface area contributed by atoms with E-state index < -0.39 is 0 Å². The SMILES string of the molecule is Cc1sc2nc(CCNC(=O)c3nc(C(C)C)cs3)[nH]c(=O)c2c1C. The molecule has 25 heavy (non-hydrogen) atoms. The van der Waals surface area contributed by atoms with E-state index in [0.29, 0.717) is 35.1 Å². The highest BCUT2D eigenvalue weighted by Crippen LogP contribution is 2.25. The molecule has 8 heteroatoms. The number of H-pyrrole nitrogens is 1. The van der Waals surface area contributed by atoms with E-state index in [4.69, 9.17) is 0 Å². The van der Waals surface area contributed by atoms with Crippen LogP contribution in [-0.4, -0.2) is 27.4 Å². The predicted molar refractivity (Wildman–Crippen MR) is 102 cm³/mol. The van der Waals surface area contributed by atoms with Gasteiger partial charge in [0.15, 0.2) is 5.01 Å². The molecule has 0 aliphatic heterocycles. The fraction of sp³-hybridized carbons (Fsp3) is 0.412. The second kappa shape index (κ2) is 7.05. The molecule has 0 aliphatic carbocycles. The molecule has 3 aromatic rings. The zero-order valence-electron chi connectivity index (χ0n) is 14.6. The van der Waals surface area contributed by atoms with Crippen LogP contribution in [0.1, 0.15) is 51.5 Å². The van der Waals surface area contributed by atoms with Crippen molar-refractivity contribution in [1.82, 2.24) is 20.3 Å². The zero-order chi connectivity index (χ0) is 18.1. The Kier molecular flexibility index (Phi) is 5.01. The molecule has 0 saturated heterocycles. The molecule has 3 rings (SSSR count). The Balaban J connectivity index is 1.66. The maximum atomic E-state index is 12.2. The van der Waals surface area contributed by atoms with Crippen LogP contribution in [-0.2, 0) is 6.42 Å². The van der Waals surface area contributed by atoms with Gasteiger partial charge in [-0.2, -0.15) is 0 Å². The van der Waals surface area contributed by atoms with Crippen molar-refractivity contribution in [3.8, 4) is 0 Å². The number of hydrogen-bond acceptors (Lipinski definition) is 6. The third kappa shape index (κ3) is 3.64. The van der Waals surface area contributed by atoms with Crippen LogP contribution in [0.3, 0.4) is 0 Å². The number of carbonyl (C=O) groups excluding carboxylic acids is 1. The molecule has 6 nitrogen and oxygen atoms in total. The molecule has 2 N–H and O–H groups in total. The summed E-state index contributed by atoms with van der Waals surface area (Å²) in [6, 6.07) is 0. The Hall–Kier alpha value is -2.06. The lowest BCUT2D eigenvalue weighted by Crippen LogP contribution is -2.26. The number of nitrogens with one attached hydrogen (secondary N) is 2. The molecule has 1 amide bonds. The van der Waals surface area contributed by atoms with Crippen molar-refractivity contribution in [2.45, 2.75) is 40.0 Å². The molecule has 0 aliphatic rings. The molecule has 0 fully saturated rings. The number of hydrogen-bond donors (Lipinski definition) is 2. The quantitative estimate of drug-likeness (QED) is 0.716. The first kappa shape index (κ1) is 17.8. The van der Waals surface area contributed by atoms with Gasteiger partial charge in [-0.25, -0.2) is 9.97 Å². The minimum absolute atomic E-state index is 0.116. The minimum atomic E-state index is -0.192. The van der Waals surface area contributed by atoms with E-state index in [-0.39, 0.29) is 11.5 Å². The van der Waals surface area contributed by atoms with Crippen LogP contribution in [0, 0.1) is 13.8 Å². The van der Waals surface area contributed by atoms with Gasteiger partial charge in [0.2, 0.25) is 0 Å². The number of thiophene rings is 1. The molecule has 0 saturated carbocycles. The Morgan fingerprint density at radius 1 is 1.32 bits per heavy atom. The van der Waals surface area contributed by atoms with Crippen molar-refractivity contribution in [2.24, 2.45) is 0 Å². The standard InChI is InChI=1S/C17H20N4O2S2/c1-8(2)11-7-24-17(19-11)15(23)18-6-5-12-20-14(22)13-9(3)10(4)25-16(13)21-12/h7-8H,5-6H2,1-4H3,(H,18,23)(H,20,21,22). The van der Waals surface area contributed by atoms with Gasteiger partial charge >= 0.3 is 0 Å². The van der Waals surface area contributed by atoms with Crippen molar-refractivity contribution in [3.05, 3.63) is 42.7 Å². The van der Waals surface area contributed by atoms with E-state index >= 15 is 0 Å². The van der Waals surface area contributed by atoms with Gasteiger partial charge in [0, 0.05) is 23.2 Å². The van der Waals surface area contributed by atoms with Crippen LogP contribution in [0.4, 0.5) is 0 Å². The number of aromatic amines is 1. The molecular formula is C17H20N4O2S2. The lowest BCUT2D eigenvalue weighted by molar-refractivity contribution is 0.0953. The van der Waals surface area contributed by atoms with E-state index in [1.54, 1.807) is 0 Å². The smallest absolute Gasteiger partial charge is 0.280 e. The molecule has 0 spiro atoms. The highest BCUT2D eigenvalue weighted by Gasteiger charge is 2.14. The number of amides is 1. The van der Waals surface area contributed by atoms with Gasteiger partial charge in [-0.1, -0.05) is 13.8 Å². The maximum Gasteiger partial charge on any atom is 0.280 e. The van der Waals surface area contributed by atoms with E-state index in [0.717, 1.165) is 21.0 Å². The normalized spacial score (nSPS) is 11.4. The molecule has 3 aromatic heterocycles. The van der Waals surface area contributed by atoms with E-state index in [1.807, 2.05) is 33.1 Å². The van der Waals surface area contributed by atoms with Crippen LogP contribution in [0.15, 0.2) is 10.2 Å². The Labute approximate surface area is 153 Å². The first-order valence-electron chi connectivity index (χ1n) is 8.09. The predicted octanol–water partition coefficient (Wildman–Crippen LogP) is 3.15. The number of fused-ring (bicyclic) bond motifs is 1. The fourth-order valence-corrected chi connectivity index (χ4v) is 4.39. The average molecular weight is 377 g/mol. The summed E-state index contributed by atoms with van der Waals surface area (Å²) < 4.78 is 0. The number of aryl methyl sites for hydroxylation is 2.